The van der Waals surface area contributed by atoms with Gasteiger partial charge in [0.2, 0.25) is 0 Å². The molecule has 0 amide bonds. The van der Waals surface area contributed by atoms with Crippen LogP contribution in [0.1, 0.15) is 78.8 Å². The van der Waals surface area contributed by atoms with E-state index in [0.29, 0.717) is 12.8 Å². The molecule has 36 heavy (non-hydrogen) atoms. The summed E-state index contributed by atoms with van der Waals surface area (Å²) in [6.45, 7) is 12.9. The molecular weight excluding hydrogens is 454 g/mol. The maximum Gasteiger partial charge on any atom is 0.309 e. The molecular formula is C30H43NO5. The molecule has 0 saturated heterocycles. The summed E-state index contributed by atoms with van der Waals surface area (Å²) in [5.41, 5.74) is 1.55. The lowest BCUT2D eigenvalue weighted by atomic mass is 9.71. The van der Waals surface area contributed by atoms with Gasteiger partial charge in [0.1, 0.15) is 11.9 Å². The highest BCUT2D eigenvalue weighted by atomic mass is 16.5. The second-order valence-corrected chi connectivity index (χ2v) is 10.7. The number of rotatable bonds is 4. The molecule has 6 nitrogen and oxygen atoms in total. The van der Waals surface area contributed by atoms with Crippen LogP contribution in [0.4, 0.5) is 0 Å². The fourth-order valence-electron chi connectivity index (χ4n) is 4.64. The highest BCUT2D eigenvalue weighted by Crippen LogP contribution is 2.34. The highest BCUT2D eigenvalue weighted by molar-refractivity contribution is 5.88. The van der Waals surface area contributed by atoms with Crippen molar-refractivity contribution in [3.05, 3.63) is 60.0 Å². The van der Waals surface area contributed by atoms with Crippen molar-refractivity contribution < 1.29 is 24.5 Å². The second kappa shape index (κ2) is 13.7. The van der Waals surface area contributed by atoms with Crippen LogP contribution in [-0.2, 0) is 14.3 Å². The number of carbonyl (C=O) groups is 2. The van der Waals surface area contributed by atoms with E-state index in [-0.39, 0.29) is 18.1 Å². The fraction of sp³-hybridized carbons (Fsp3) is 0.567. The van der Waals surface area contributed by atoms with E-state index in [1.807, 2.05) is 38.1 Å². The van der Waals surface area contributed by atoms with E-state index in [4.69, 9.17) is 4.74 Å². The minimum Gasteiger partial charge on any atom is -0.457 e. The second-order valence-electron chi connectivity index (χ2n) is 10.7. The Labute approximate surface area is 216 Å². The molecule has 0 unspecified atom stereocenters. The molecule has 2 N–H and O–H groups in total. The topological polar surface area (TPSA) is 96.7 Å². The first-order chi connectivity index (χ1) is 17.0. The molecule has 2 heterocycles. The Balaban J connectivity index is 2.37. The first-order valence-electron chi connectivity index (χ1n) is 12.9. The predicted octanol–water partition coefficient (Wildman–Crippen LogP) is 5.45. The smallest absolute Gasteiger partial charge is 0.309 e. The number of aliphatic hydroxyl groups excluding tert-OH is 2. The standard InChI is InChI=1S/C30H43NO5/c1-7-11-24-28(34)21(3)13-10-12-20(2)15-16-25(22(4)18-23-14-8-9-17-31-23)36-27(33)19-26(32)30(5,6)29(24)35/h7-9,14-15,17-18,21,24-26,28,32,34H,1,10-13,16,19H2,2-6H3/b20-15-,22-18+/t21-,24-,25+,26-,28+/m1/s1. The Morgan fingerprint density at radius 2 is 2.00 bits per heavy atom. The number of ether oxygens (including phenoxy) is 1. The third kappa shape index (κ3) is 8.24. The van der Waals surface area contributed by atoms with Gasteiger partial charge in [0.25, 0.3) is 0 Å². The van der Waals surface area contributed by atoms with Gasteiger partial charge in [-0.2, -0.15) is 0 Å². The van der Waals surface area contributed by atoms with E-state index in [1.54, 1.807) is 26.1 Å². The Hall–Kier alpha value is -2.57. The Morgan fingerprint density at radius 1 is 1.28 bits per heavy atom. The van der Waals surface area contributed by atoms with Crippen LogP contribution in [0.15, 0.2) is 54.3 Å². The molecule has 1 aliphatic rings. The van der Waals surface area contributed by atoms with Crippen LogP contribution < -0.4 is 0 Å². The number of Topliss-reactive ketones (excluding diaryl/α,β-unsaturated/α-hetero) is 1. The maximum absolute atomic E-state index is 13.5. The summed E-state index contributed by atoms with van der Waals surface area (Å²) in [4.78, 5) is 30.8. The zero-order chi connectivity index (χ0) is 26.9. The van der Waals surface area contributed by atoms with Crippen LogP contribution in [0.5, 0.6) is 0 Å². The van der Waals surface area contributed by atoms with Crippen molar-refractivity contribution in [3.8, 4) is 0 Å². The van der Waals surface area contributed by atoms with Crippen molar-refractivity contribution in [3.63, 3.8) is 0 Å². The fourth-order valence-corrected chi connectivity index (χ4v) is 4.64. The molecule has 1 aliphatic heterocycles. The van der Waals surface area contributed by atoms with Crippen molar-refractivity contribution in [1.29, 1.82) is 0 Å². The van der Waals surface area contributed by atoms with Gasteiger partial charge in [-0.25, -0.2) is 0 Å². The number of aromatic nitrogens is 1. The largest absolute Gasteiger partial charge is 0.457 e. The lowest BCUT2D eigenvalue weighted by Crippen LogP contribution is -2.46. The van der Waals surface area contributed by atoms with Gasteiger partial charge in [-0.05, 0) is 69.2 Å². The van der Waals surface area contributed by atoms with Crippen LogP contribution >= 0.6 is 0 Å². The number of hydrogen-bond acceptors (Lipinski definition) is 6. The summed E-state index contributed by atoms with van der Waals surface area (Å²) >= 11 is 0. The van der Waals surface area contributed by atoms with Crippen LogP contribution in [0.2, 0.25) is 0 Å². The van der Waals surface area contributed by atoms with Gasteiger partial charge in [-0.15, -0.1) is 6.58 Å². The summed E-state index contributed by atoms with van der Waals surface area (Å²) < 4.78 is 5.83. The number of ketones is 1. The van der Waals surface area contributed by atoms with Gasteiger partial charge in [-0.1, -0.05) is 44.6 Å². The SMILES string of the molecule is C=CC[C@H]1C(=O)C(C)(C)[C@H](O)CC(=O)O[C@H](/C(C)=C/c2ccccn2)C/C=C(/C)CCC[C@@H](C)[C@@H]1O. The van der Waals surface area contributed by atoms with Gasteiger partial charge >= 0.3 is 5.97 Å². The number of cyclic esters (lactones) is 1. The summed E-state index contributed by atoms with van der Waals surface area (Å²) in [5.74, 6) is -1.63. The van der Waals surface area contributed by atoms with E-state index in [9.17, 15) is 19.8 Å². The van der Waals surface area contributed by atoms with Crippen LogP contribution in [0.3, 0.4) is 0 Å². The lowest BCUT2D eigenvalue weighted by Gasteiger charge is -2.35. The molecule has 0 aliphatic carbocycles. The zero-order valence-corrected chi connectivity index (χ0v) is 22.4. The average Bonchev–Trinajstić information content (AvgIpc) is 2.84. The lowest BCUT2D eigenvalue weighted by molar-refractivity contribution is -0.154. The molecule has 0 saturated carbocycles. The molecule has 198 valence electrons. The molecule has 0 aromatic carbocycles. The van der Waals surface area contributed by atoms with Crippen LogP contribution in [0, 0.1) is 17.3 Å². The number of allylic oxidation sites excluding steroid dienone is 2. The molecule has 0 fully saturated rings. The van der Waals surface area contributed by atoms with Crippen molar-refractivity contribution in [2.24, 2.45) is 17.3 Å². The molecule has 1 aromatic heterocycles. The van der Waals surface area contributed by atoms with Crippen LogP contribution in [0.25, 0.3) is 6.08 Å². The van der Waals surface area contributed by atoms with Crippen molar-refractivity contribution in [2.75, 3.05) is 0 Å². The third-order valence-electron chi connectivity index (χ3n) is 7.34. The Bertz CT molecular complexity index is 949. The summed E-state index contributed by atoms with van der Waals surface area (Å²) in [7, 11) is 0. The van der Waals surface area contributed by atoms with E-state index < -0.39 is 35.6 Å². The minimum atomic E-state index is -1.25. The molecule has 0 spiro atoms. The van der Waals surface area contributed by atoms with Gasteiger partial charge in [0.05, 0.1) is 29.7 Å². The molecule has 6 heteroatoms. The van der Waals surface area contributed by atoms with Gasteiger partial charge in [0.15, 0.2) is 0 Å². The first kappa shape index (κ1) is 29.7. The van der Waals surface area contributed by atoms with Crippen molar-refractivity contribution in [2.45, 2.75) is 91.5 Å². The number of pyridine rings is 1. The summed E-state index contributed by atoms with van der Waals surface area (Å²) in [6, 6.07) is 5.62. The zero-order valence-electron chi connectivity index (χ0n) is 22.4. The van der Waals surface area contributed by atoms with Gasteiger partial charge in [0, 0.05) is 18.5 Å². The van der Waals surface area contributed by atoms with Crippen LogP contribution in [-0.4, -0.2) is 45.3 Å². The van der Waals surface area contributed by atoms with Crippen molar-refractivity contribution >= 4 is 17.8 Å². The summed E-state index contributed by atoms with van der Waals surface area (Å²) in [6.07, 6.45) is 7.69. The number of carbonyl (C=O) groups excluding carboxylic acids is 2. The number of nitrogens with zero attached hydrogens (tertiary/aromatic N) is 1. The predicted molar refractivity (Wildman–Crippen MR) is 143 cm³/mol. The average molecular weight is 498 g/mol. The molecule has 2 rings (SSSR count). The maximum atomic E-state index is 13.5. The van der Waals surface area contributed by atoms with Gasteiger partial charge in [-0.3, -0.25) is 14.6 Å². The number of hydrogen-bond donors (Lipinski definition) is 2. The normalized spacial score (nSPS) is 30.7. The van der Waals surface area contributed by atoms with E-state index in [0.717, 1.165) is 30.5 Å². The third-order valence-corrected chi connectivity index (χ3v) is 7.34. The van der Waals surface area contributed by atoms with Crippen molar-refractivity contribution in [1.82, 2.24) is 4.98 Å². The minimum absolute atomic E-state index is 0.0891. The molecule has 0 bridgehead atoms. The molecule has 1 aromatic rings. The number of esters is 1. The highest BCUT2D eigenvalue weighted by Gasteiger charge is 2.43. The molecule has 0 radical (unpaired) electrons. The Morgan fingerprint density at radius 3 is 2.64 bits per heavy atom. The molecule has 5 atom stereocenters. The van der Waals surface area contributed by atoms with E-state index >= 15 is 0 Å². The van der Waals surface area contributed by atoms with E-state index in [2.05, 4.69) is 24.6 Å². The quantitative estimate of drug-likeness (QED) is 0.424. The summed E-state index contributed by atoms with van der Waals surface area (Å²) in [5, 5.41) is 22.0. The number of aliphatic hydroxyl groups is 2. The first-order valence-corrected chi connectivity index (χ1v) is 12.9. The van der Waals surface area contributed by atoms with E-state index in [1.165, 1.54) is 5.57 Å². The van der Waals surface area contributed by atoms with Gasteiger partial charge < -0.3 is 14.9 Å². The Kier molecular flexibility index (Phi) is 11.3. The monoisotopic (exact) mass is 497 g/mol.